The van der Waals surface area contributed by atoms with Crippen LogP contribution in [0.5, 0.6) is 0 Å². The van der Waals surface area contributed by atoms with E-state index in [2.05, 4.69) is 103 Å². The molecule has 0 N–H and O–H groups in total. The van der Waals surface area contributed by atoms with Crippen molar-refractivity contribution in [3.8, 4) is 44.8 Å². The van der Waals surface area contributed by atoms with Gasteiger partial charge < -0.3 is 14.4 Å². The predicted molar refractivity (Wildman–Crippen MR) is 246 cm³/mol. The molecule has 0 aliphatic rings. The van der Waals surface area contributed by atoms with E-state index in [-0.39, 0.29) is 42.9 Å². The van der Waals surface area contributed by atoms with Crippen LogP contribution in [0.2, 0.25) is 0 Å². The first kappa shape index (κ1) is 35.8. The molecule has 5 aromatic carbocycles. The molecule has 0 saturated heterocycles. The first-order valence-electron chi connectivity index (χ1n) is 23.2. The molecule has 4 heteroatoms. The first-order chi connectivity index (χ1) is 30.1. The van der Waals surface area contributed by atoms with Crippen molar-refractivity contribution in [1.29, 1.82) is 0 Å². The average molecular weight is 959 g/mol. The maximum Gasteiger partial charge on any atom is 0.120 e. The maximum atomic E-state index is 8.38. The van der Waals surface area contributed by atoms with Gasteiger partial charge in [0.25, 0.3) is 0 Å². The molecular weight excluding hydrogens is 897 g/mol. The second-order valence-corrected chi connectivity index (χ2v) is 17.1. The number of fused-ring (bicyclic) bond motifs is 3. The van der Waals surface area contributed by atoms with Crippen LogP contribution in [0.25, 0.3) is 66.7 Å². The summed E-state index contributed by atoms with van der Waals surface area (Å²) < 4.78 is 54.9. The van der Waals surface area contributed by atoms with Crippen LogP contribution >= 0.6 is 0 Å². The normalized spacial score (nSPS) is 13.6. The van der Waals surface area contributed by atoms with E-state index in [1.165, 1.54) is 17.3 Å². The molecule has 0 saturated carbocycles. The molecule has 8 rings (SSSR count). The van der Waals surface area contributed by atoms with Gasteiger partial charge in [-0.1, -0.05) is 158 Å². The summed E-state index contributed by atoms with van der Waals surface area (Å²) in [5, 5.41) is 2.02. The van der Waals surface area contributed by atoms with E-state index >= 15 is 0 Å². The minimum Gasteiger partial charge on any atom is -0.501 e. The minimum atomic E-state index is -2.31. The van der Waals surface area contributed by atoms with Crippen LogP contribution in [0.15, 0.2) is 126 Å². The zero-order chi connectivity index (χ0) is 46.3. The van der Waals surface area contributed by atoms with Gasteiger partial charge in [0.15, 0.2) is 0 Å². The molecule has 59 heavy (non-hydrogen) atoms. The Morgan fingerprint density at radius 3 is 2.02 bits per heavy atom. The summed E-state index contributed by atoms with van der Waals surface area (Å²) >= 11 is 0. The third-order valence-electron chi connectivity index (χ3n) is 10.8. The Kier molecular flexibility index (Phi) is 10.9. The van der Waals surface area contributed by atoms with Crippen LogP contribution in [0.4, 0.5) is 0 Å². The first-order valence-corrected chi connectivity index (χ1v) is 20.2. The van der Waals surface area contributed by atoms with Gasteiger partial charge in [0.2, 0.25) is 0 Å². The smallest absolute Gasteiger partial charge is 0.120 e. The topological polar surface area (TPSA) is 38.9 Å². The monoisotopic (exact) mass is 959 g/mol. The predicted octanol–water partition coefficient (Wildman–Crippen LogP) is 15.6. The van der Waals surface area contributed by atoms with E-state index in [9.17, 15) is 0 Å². The standard InChI is InChI=1S/C33H34NO.C22H22N.Ir/c1-19(2)23-15-27(20(3)4)32(28(16-23)21(5)6)29-17-30(34-18-22(29)7)26-13-10-12-25-24-11-8-9-14-31(24)35-33(25)26;1-16-10-11-18(14-20(16)17-8-6-5-7-9-17)21-15-19(12-13-23-21)22(2,3)4;/h8-12,14-21H,1-7H3;5-10,12-15H,1-4H3;/q2*-1;/i7D3;1D3;. The van der Waals surface area contributed by atoms with Crippen LogP contribution in [0, 0.1) is 25.8 Å². The van der Waals surface area contributed by atoms with Gasteiger partial charge in [0.05, 0.1) is 5.58 Å². The molecule has 0 amide bonds. The summed E-state index contributed by atoms with van der Waals surface area (Å²) in [5.74, 6) is 0.801. The van der Waals surface area contributed by atoms with Gasteiger partial charge >= 0.3 is 0 Å². The Morgan fingerprint density at radius 1 is 0.661 bits per heavy atom. The van der Waals surface area contributed by atoms with E-state index in [0.29, 0.717) is 33.9 Å². The van der Waals surface area contributed by atoms with Crippen molar-refractivity contribution < 1.29 is 32.7 Å². The summed E-state index contributed by atoms with van der Waals surface area (Å²) in [4.78, 5) is 9.14. The fourth-order valence-corrected chi connectivity index (χ4v) is 7.49. The van der Waals surface area contributed by atoms with E-state index in [1.54, 1.807) is 12.3 Å². The Labute approximate surface area is 374 Å². The van der Waals surface area contributed by atoms with Crippen molar-refractivity contribution >= 4 is 21.9 Å². The zero-order valence-electron chi connectivity index (χ0n) is 41.4. The molecule has 3 heterocycles. The van der Waals surface area contributed by atoms with Crippen molar-refractivity contribution in [3.63, 3.8) is 0 Å². The third kappa shape index (κ3) is 9.20. The molecule has 303 valence electrons. The summed E-state index contributed by atoms with van der Waals surface area (Å²) in [6.07, 6.45) is 3.32. The van der Waals surface area contributed by atoms with Crippen LogP contribution in [-0.4, -0.2) is 9.97 Å². The van der Waals surface area contributed by atoms with Crippen LogP contribution in [-0.2, 0) is 25.5 Å². The van der Waals surface area contributed by atoms with Crippen molar-refractivity contribution in [2.45, 2.75) is 99.2 Å². The minimum absolute atomic E-state index is 0. The molecule has 0 unspecified atom stereocenters. The molecule has 0 spiro atoms. The maximum absolute atomic E-state index is 8.38. The SMILES string of the molecule is [2H]C([2H])([2H])c1c[c-]c(-c2cc(C(C)(C)C)ccn2)cc1-c1ccccc1.[2H]C([2H])([2H])c1cnc(-c2[c-]ccc3c2oc2ccccc23)cc1-c1c(C(C)C)cc(C(C)C)cc1C(C)C.[Ir]. The van der Waals surface area contributed by atoms with E-state index < -0.39 is 13.7 Å². The van der Waals surface area contributed by atoms with Gasteiger partial charge in [-0.05, 0) is 98.0 Å². The molecule has 0 aliphatic heterocycles. The third-order valence-corrected chi connectivity index (χ3v) is 10.8. The molecule has 0 atom stereocenters. The molecule has 3 aromatic heterocycles. The van der Waals surface area contributed by atoms with Crippen LogP contribution < -0.4 is 0 Å². The number of hydrogen-bond donors (Lipinski definition) is 0. The molecule has 8 aromatic rings. The molecule has 3 nitrogen and oxygen atoms in total. The Morgan fingerprint density at radius 2 is 1.36 bits per heavy atom. The number of furan rings is 1. The number of para-hydroxylation sites is 1. The summed E-state index contributed by atoms with van der Waals surface area (Å²) in [6, 6.07) is 41.8. The average Bonchev–Trinajstić information content (AvgIpc) is 3.64. The van der Waals surface area contributed by atoms with Crippen LogP contribution in [0.3, 0.4) is 0 Å². The molecule has 1 radical (unpaired) electrons. The van der Waals surface area contributed by atoms with Crippen molar-refractivity contribution in [3.05, 3.63) is 167 Å². The Bertz CT molecular complexity index is 2910. The molecule has 0 aliphatic carbocycles. The van der Waals surface area contributed by atoms with Gasteiger partial charge in [-0.15, -0.1) is 47.5 Å². The fraction of sp³-hybridized carbons (Fsp3) is 0.273. The van der Waals surface area contributed by atoms with E-state index in [0.717, 1.165) is 55.4 Å². The van der Waals surface area contributed by atoms with Crippen molar-refractivity contribution in [2.24, 2.45) is 0 Å². The number of benzene rings is 5. The van der Waals surface area contributed by atoms with Gasteiger partial charge in [-0.25, -0.2) is 0 Å². The van der Waals surface area contributed by atoms with E-state index in [1.807, 2.05) is 84.9 Å². The summed E-state index contributed by atoms with van der Waals surface area (Å²) in [7, 11) is 0. The molecular formula is C55H56IrN2O-2. The van der Waals surface area contributed by atoms with Crippen molar-refractivity contribution in [2.75, 3.05) is 0 Å². The number of hydrogen-bond acceptors (Lipinski definition) is 3. The van der Waals surface area contributed by atoms with Gasteiger partial charge in [-0.3, -0.25) is 0 Å². The van der Waals surface area contributed by atoms with Gasteiger partial charge in [0.1, 0.15) is 5.58 Å². The van der Waals surface area contributed by atoms with Crippen LogP contribution in [0.1, 0.15) is 122 Å². The number of aryl methyl sites for hydroxylation is 2. The summed E-state index contributed by atoms with van der Waals surface area (Å²) in [6.45, 7) is 15.1. The van der Waals surface area contributed by atoms with Gasteiger partial charge in [0, 0.05) is 46.1 Å². The van der Waals surface area contributed by atoms with E-state index in [4.69, 9.17) is 12.6 Å². The largest absolute Gasteiger partial charge is 0.501 e. The summed E-state index contributed by atoms with van der Waals surface area (Å²) in [5.41, 5.74) is 13.1. The second-order valence-electron chi connectivity index (χ2n) is 17.1. The molecule has 0 bridgehead atoms. The number of nitrogens with zero attached hydrogens (tertiary/aromatic N) is 2. The van der Waals surface area contributed by atoms with Crippen molar-refractivity contribution in [1.82, 2.24) is 9.97 Å². The quantitative estimate of drug-likeness (QED) is 0.149. The zero-order valence-corrected chi connectivity index (χ0v) is 37.8. The van der Waals surface area contributed by atoms with Gasteiger partial charge in [-0.2, -0.15) is 0 Å². The Hall–Kier alpha value is -5.15. The number of rotatable bonds is 7. The second kappa shape index (κ2) is 18.0. The molecule has 0 fully saturated rings. The number of aromatic nitrogens is 2. The fourth-order valence-electron chi connectivity index (χ4n) is 7.49. The Balaban J connectivity index is 0.000000227. The number of pyridine rings is 2.